The topological polar surface area (TPSA) is 104 Å². The predicted octanol–water partition coefficient (Wildman–Crippen LogP) is 3.22. The van der Waals surface area contributed by atoms with Crippen molar-refractivity contribution in [3.8, 4) is 0 Å². The Morgan fingerprint density at radius 1 is 1.12 bits per heavy atom. The maximum Gasteiger partial charge on any atom is 0.319 e. The molecule has 1 heterocycles. The SMILES string of the molecule is O=C(NCc1cn[nH]c1)Nc1ccc(S(=O)(=O)c2cccc(Cl)c2)cc1. The van der Waals surface area contributed by atoms with Crippen molar-refractivity contribution >= 4 is 33.2 Å². The molecule has 1 aromatic heterocycles. The summed E-state index contributed by atoms with van der Waals surface area (Å²) in [6.07, 6.45) is 3.28. The van der Waals surface area contributed by atoms with Crippen LogP contribution in [-0.2, 0) is 16.4 Å². The average molecular weight is 391 g/mol. The monoisotopic (exact) mass is 390 g/mol. The summed E-state index contributed by atoms with van der Waals surface area (Å²) in [5.74, 6) is 0. The summed E-state index contributed by atoms with van der Waals surface area (Å²) in [5.41, 5.74) is 1.31. The highest BCUT2D eigenvalue weighted by molar-refractivity contribution is 7.91. The quantitative estimate of drug-likeness (QED) is 0.622. The Labute approximate surface area is 155 Å². The number of amides is 2. The van der Waals surface area contributed by atoms with E-state index in [-0.39, 0.29) is 9.79 Å². The number of rotatable bonds is 5. The molecule has 0 aliphatic heterocycles. The Bertz CT molecular complexity index is 1000. The van der Waals surface area contributed by atoms with Crippen molar-refractivity contribution in [1.29, 1.82) is 0 Å². The van der Waals surface area contributed by atoms with Gasteiger partial charge in [-0.15, -0.1) is 0 Å². The summed E-state index contributed by atoms with van der Waals surface area (Å²) in [6.45, 7) is 0.323. The van der Waals surface area contributed by atoms with Gasteiger partial charge in [-0.25, -0.2) is 13.2 Å². The van der Waals surface area contributed by atoms with Crippen LogP contribution in [0.4, 0.5) is 10.5 Å². The van der Waals surface area contributed by atoms with E-state index in [2.05, 4.69) is 20.8 Å². The number of H-pyrrole nitrogens is 1. The first-order chi connectivity index (χ1) is 12.4. The summed E-state index contributed by atoms with van der Waals surface area (Å²) in [6, 6.07) is 11.6. The minimum Gasteiger partial charge on any atom is -0.334 e. The van der Waals surface area contributed by atoms with Crippen molar-refractivity contribution in [2.75, 3.05) is 5.32 Å². The molecule has 0 fully saturated rings. The number of hydrogen-bond donors (Lipinski definition) is 3. The van der Waals surface area contributed by atoms with Crippen LogP contribution in [0, 0.1) is 0 Å². The van der Waals surface area contributed by atoms with E-state index < -0.39 is 15.9 Å². The predicted molar refractivity (Wildman–Crippen MR) is 97.8 cm³/mol. The summed E-state index contributed by atoms with van der Waals surface area (Å²) in [7, 11) is -3.67. The molecule has 7 nitrogen and oxygen atoms in total. The van der Waals surface area contributed by atoms with E-state index in [9.17, 15) is 13.2 Å². The number of aromatic nitrogens is 2. The fourth-order valence-corrected chi connectivity index (χ4v) is 3.78. The van der Waals surface area contributed by atoms with E-state index in [1.807, 2.05) is 0 Å². The van der Waals surface area contributed by atoms with Crippen molar-refractivity contribution in [3.63, 3.8) is 0 Å². The molecule has 134 valence electrons. The lowest BCUT2D eigenvalue weighted by atomic mass is 10.3. The second-order valence-electron chi connectivity index (χ2n) is 5.40. The molecule has 0 saturated carbocycles. The number of hydrogen-bond acceptors (Lipinski definition) is 4. The number of aromatic amines is 1. The van der Waals surface area contributed by atoms with Gasteiger partial charge >= 0.3 is 6.03 Å². The van der Waals surface area contributed by atoms with Crippen LogP contribution in [-0.4, -0.2) is 24.6 Å². The second-order valence-corrected chi connectivity index (χ2v) is 7.79. The van der Waals surface area contributed by atoms with Gasteiger partial charge in [0.1, 0.15) is 0 Å². The van der Waals surface area contributed by atoms with Crippen molar-refractivity contribution < 1.29 is 13.2 Å². The average Bonchev–Trinajstić information content (AvgIpc) is 3.14. The van der Waals surface area contributed by atoms with E-state index in [4.69, 9.17) is 11.6 Å². The third-order valence-corrected chi connectivity index (χ3v) is 5.54. The van der Waals surface area contributed by atoms with Crippen molar-refractivity contribution in [2.45, 2.75) is 16.3 Å². The van der Waals surface area contributed by atoms with Gasteiger partial charge in [-0.2, -0.15) is 5.10 Å². The first-order valence-corrected chi connectivity index (χ1v) is 9.44. The normalized spacial score (nSPS) is 11.1. The van der Waals surface area contributed by atoms with Crippen molar-refractivity contribution in [3.05, 3.63) is 71.5 Å². The molecule has 0 unspecified atom stereocenters. The van der Waals surface area contributed by atoms with Gasteiger partial charge in [0, 0.05) is 29.0 Å². The number of halogens is 1. The first-order valence-electron chi connectivity index (χ1n) is 7.58. The number of carbonyl (C=O) groups excluding carboxylic acids is 1. The summed E-state index contributed by atoms with van der Waals surface area (Å²) < 4.78 is 25.2. The van der Waals surface area contributed by atoms with Crippen LogP contribution in [0.5, 0.6) is 0 Å². The standard InChI is InChI=1S/C17H15ClN4O3S/c18-13-2-1-3-16(8-13)26(24,25)15-6-4-14(5-7-15)22-17(23)19-9-12-10-20-21-11-12/h1-8,10-11H,9H2,(H,20,21)(H2,19,22,23). The second kappa shape index (κ2) is 7.59. The van der Waals surface area contributed by atoms with Gasteiger partial charge in [0.2, 0.25) is 9.84 Å². The lowest BCUT2D eigenvalue weighted by Gasteiger charge is -2.09. The minimum absolute atomic E-state index is 0.114. The van der Waals surface area contributed by atoms with Gasteiger partial charge in [0.05, 0.1) is 16.0 Å². The van der Waals surface area contributed by atoms with Crippen LogP contribution in [0.3, 0.4) is 0 Å². The first kappa shape index (κ1) is 18.0. The zero-order valence-electron chi connectivity index (χ0n) is 13.4. The Balaban J connectivity index is 1.67. The van der Waals surface area contributed by atoms with Crippen LogP contribution < -0.4 is 10.6 Å². The van der Waals surface area contributed by atoms with Gasteiger partial charge in [-0.05, 0) is 42.5 Å². The third kappa shape index (κ3) is 4.22. The number of sulfone groups is 1. The molecule has 9 heteroatoms. The Morgan fingerprint density at radius 2 is 1.88 bits per heavy atom. The lowest BCUT2D eigenvalue weighted by molar-refractivity contribution is 0.251. The highest BCUT2D eigenvalue weighted by atomic mass is 35.5. The Hall–Kier alpha value is -2.84. The fourth-order valence-electron chi connectivity index (χ4n) is 2.22. The van der Waals surface area contributed by atoms with Crippen LogP contribution in [0.25, 0.3) is 0 Å². The molecular weight excluding hydrogens is 376 g/mol. The maximum atomic E-state index is 12.6. The molecular formula is C17H15ClN4O3S. The lowest BCUT2D eigenvalue weighted by Crippen LogP contribution is -2.28. The van der Waals surface area contributed by atoms with E-state index in [0.717, 1.165) is 5.56 Å². The molecule has 3 aromatic rings. The van der Waals surface area contributed by atoms with E-state index in [1.165, 1.54) is 36.4 Å². The molecule has 3 rings (SSSR count). The van der Waals surface area contributed by atoms with Gasteiger partial charge < -0.3 is 10.6 Å². The fraction of sp³-hybridized carbons (Fsp3) is 0.0588. The van der Waals surface area contributed by atoms with Gasteiger partial charge in [0.25, 0.3) is 0 Å². The molecule has 0 radical (unpaired) electrons. The Kier molecular flexibility index (Phi) is 5.24. The molecule has 0 spiro atoms. The zero-order chi connectivity index (χ0) is 18.6. The molecule has 0 bridgehead atoms. The molecule has 2 aromatic carbocycles. The highest BCUT2D eigenvalue weighted by Gasteiger charge is 2.17. The van der Waals surface area contributed by atoms with Crippen LogP contribution in [0.1, 0.15) is 5.56 Å². The molecule has 0 aliphatic rings. The zero-order valence-corrected chi connectivity index (χ0v) is 15.0. The van der Waals surface area contributed by atoms with E-state index >= 15 is 0 Å². The number of nitrogens with zero attached hydrogens (tertiary/aromatic N) is 1. The van der Waals surface area contributed by atoms with Crippen LogP contribution >= 0.6 is 11.6 Å². The van der Waals surface area contributed by atoms with Crippen molar-refractivity contribution in [2.24, 2.45) is 0 Å². The number of urea groups is 1. The summed E-state index contributed by atoms with van der Waals surface area (Å²) in [4.78, 5) is 12.1. The molecule has 26 heavy (non-hydrogen) atoms. The molecule has 3 N–H and O–H groups in total. The van der Waals surface area contributed by atoms with Gasteiger partial charge in [-0.1, -0.05) is 17.7 Å². The molecule has 0 atom stereocenters. The number of anilines is 1. The van der Waals surface area contributed by atoms with E-state index in [0.29, 0.717) is 17.3 Å². The van der Waals surface area contributed by atoms with Crippen LogP contribution in [0.2, 0.25) is 5.02 Å². The third-order valence-electron chi connectivity index (χ3n) is 3.54. The highest BCUT2D eigenvalue weighted by Crippen LogP contribution is 2.24. The largest absolute Gasteiger partial charge is 0.334 e. The summed E-state index contributed by atoms with van der Waals surface area (Å²) in [5, 5.41) is 12.1. The van der Waals surface area contributed by atoms with E-state index in [1.54, 1.807) is 24.5 Å². The Morgan fingerprint density at radius 3 is 2.54 bits per heavy atom. The molecule has 0 saturated heterocycles. The van der Waals surface area contributed by atoms with Crippen molar-refractivity contribution in [1.82, 2.24) is 15.5 Å². The van der Waals surface area contributed by atoms with Gasteiger partial charge in [-0.3, -0.25) is 5.10 Å². The molecule has 0 aliphatic carbocycles. The van der Waals surface area contributed by atoms with Crippen LogP contribution in [0.15, 0.2) is 70.7 Å². The smallest absolute Gasteiger partial charge is 0.319 e. The number of benzene rings is 2. The maximum absolute atomic E-state index is 12.6. The van der Waals surface area contributed by atoms with Gasteiger partial charge in [0.15, 0.2) is 0 Å². The molecule has 2 amide bonds. The number of carbonyl (C=O) groups is 1. The number of nitrogens with one attached hydrogen (secondary N) is 3. The minimum atomic E-state index is -3.67. The summed E-state index contributed by atoms with van der Waals surface area (Å²) >= 11 is 5.86.